The molecule has 1 aromatic carbocycles. The smallest absolute Gasteiger partial charge is 0.230 e. The van der Waals surface area contributed by atoms with Crippen molar-refractivity contribution in [2.75, 3.05) is 29.1 Å². The van der Waals surface area contributed by atoms with E-state index in [-0.39, 0.29) is 47.3 Å². The predicted molar refractivity (Wildman–Crippen MR) is 105 cm³/mol. The van der Waals surface area contributed by atoms with Gasteiger partial charge in [-0.1, -0.05) is 22.0 Å². The normalized spacial score (nSPS) is 18.7. The molecule has 1 aromatic rings. The van der Waals surface area contributed by atoms with Gasteiger partial charge in [-0.25, -0.2) is 8.42 Å². The van der Waals surface area contributed by atoms with Crippen LogP contribution in [0.15, 0.2) is 22.7 Å². The van der Waals surface area contributed by atoms with Crippen LogP contribution in [0.3, 0.4) is 0 Å². The van der Waals surface area contributed by atoms with Gasteiger partial charge in [0, 0.05) is 28.4 Å². The lowest BCUT2D eigenvalue weighted by molar-refractivity contribution is -0.119. The Kier molecular flexibility index (Phi) is 7.33. The zero-order valence-electron chi connectivity index (χ0n) is 13.9. The van der Waals surface area contributed by atoms with Gasteiger partial charge in [-0.05, 0) is 31.0 Å². The number of benzene rings is 1. The molecule has 0 bridgehead atoms. The molecular formula is C16H21BrN2O4S2. The molecule has 1 aliphatic heterocycles. The van der Waals surface area contributed by atoms with Crippen LogP contribution in [0, 0.1) is 6.92 Å². The number of aryl methyl sites for hydroxylation is 1. The van der Waals surface area contributed by atoms with Crippen LogP contribution in [0.5, 0.6) is 0 Å². The molecule has 2 rings (SSSR count). The van der Waals surface area contributed by atoms with Gasteiger partial charge in [0.15, 0.2) is 9.84 Å². The van der Waals surface area contributed by atoms with E-state index in [9.17, 15) is 18.0 Å². The molecule has 2 N–H and O–H groups in total. The van der Waals surface area contributed by atoms with Gasteiger partial charge in [-0.3, -0.25) is 9.59 Å². The molecule has 0 aliphatic carbocycles. The molecule has 0 spiro atoms. The van der Waals surface area contributed by atoms with Crippen molar-refractivity contribution >= 4 is 55.0 Å². The third-order valence-corrected chi connectivity index (χ3v) is 7.56. The van der Waals surface area contributed by atoms with Crippen molar-refractivity contribution in [2.24, 2.45) is 0 Å². The summed E-state index contributed by atoms with van der Waals surface area (Å²) in [6.45, 7) is 2.16. The number of hydrogen-bond acceptors (Lipinski definition) is 5. The van der Waals surface area contributed by atoms with Crippen molar-refractivity contribution in [3.8, 4) is 0 Å². The summed E-state index contributed by atoms with van der Waals surface area (Å²) >= 11 is 4.72. The van der Waals surface area contributed by atoms with Gasteiger partial charge >= 0.3 is 0 Å². The number of nitrogens with one attached hydrogen (secondary N) is 2. The molecule has 138 valence electrons. The van der Waals surface area contributed by atoms with E-state index in [1.165, 1.54) is 11.8 Å². The number of sulfone groups is 1. The fourth-order valence-corrected chi connectivity index (χ4v) is 6.23. The lowest BCUT2D eigenvalue weighted by atomic mass is 10.2. The van der Waals surface area contributed by atoms with Crippen molar-refractivity contribution in [2.45, 2.75) is 25.0 Å². The van der Waals surface area contributed by atoms with Crippen LogP contribution in [-0.2, 0) is 19.4 Å². The van der Waals surface area contributed by atoms with E-state index in [0.29, 0.717) is 6.42 Å². The van der Waals surface area contributed by atoms with Crippen LogP contribution in [0.2, 0.25) is 0 Å². The molecule has 2 amide bonds. The summed E-state index contributed by atoms with van der Waals surface area (Å²) in [5.74, 6) is 0.227. The second-order valence-electron chi connectivity index (χ2n) is 5.94. The lowest BCUT2D eigenvalue weighted by Crippen LogP contribution is -2.29. The van der Waals surface area contributed by atoms with Crippen LogP contribution in [0.25, 0.3) is 0 Å². The standard InChI is InChI=1S/C16H21BrN2O4S2/c1-11-2-3-12(17)8-14(11)19-15(20)4-6-18-16(21)9-24-13-5-7-25(22,23)10-13/h2-3,8,13H,4-7,9-10H2,1H3,(H,18,21)(H,19,20). The average molecular weight is 449 g/mol. The molecule has 1 fully saturated rings. The Hall–Kier alpha value is -1.06. The van der Waals surface area contributed by atoms with Gasteiger partial charge in [-0.2, -0.15) is 0 Å². The van der Waals surface area contributed by atoms with Crippen molar-refractivity contribution in [3.63, 3.8) is 0 Å². The first kappa shape index (κ1) is 20.3. The number of thioether (sulfide) groups is 1. The van der Waals surface area contributed by atoms with Crippen molar-refractivity contribution in [1.29, 1.82) is 0 Å². The summed E-state index contributed by atoms with van der Waals surface area (Å²) in [4.78, 5) is 23.7. The number of carbonyl (C=O) groups excluding carboxylic acids is 2. The minimum absolute atomic E-state index is 0.00134. The quantitative estimate of drug-likeness (QED) is 0.666. The second-order valence-corrected chi connectivity index (χ2v) is 10.4. The van der Waals surface area contributed by atoms with Gasteiger partial charge in [0.1, 0.15) is 0 Å². The van der Waals surface area contributed by atoms with Crippen LogP contribution in [0.4, 0.5) is 5.69 Å². The van der Waals surface area contributed by atoms with Crippen LogP contribution in [0.1, 0.15) is 18.4 Å². The van der Waals surface area contributed by atoms with Crippen LogP contribution in [-0.4, -0.2) is 49.3 Å². The van der Waals surface area contributed by atoms with E-state index in [1.807, 2.05) is 25.1 Å². The molecule has 1 saturated heterocycles. The molecular weight excluding hydrogens is 428 g/mol. The first-order valence-electron chi connectivity index (χ1n) is 7.90. The number of amides is 2. The fourth-order valence-electron chi connectivity index (χ4n) is 2.39. The number of carbonyl (C=O) groups is 2. The zero-order valence-corrected chi connectivity index (χ0v) is 17.1. The highest BCUT2D eigenvalue weighted by molar-refractivity contribution is 9.10. The highest BCUT2D eigenvalue weighted by Gasteiger charge is 2.28. The van der Waals surface area contributed by atoms with E-state index in [2.05, 4.69) is 26.6 Å². The van der Waals surface area contributed by atoms with Gasteiger partial charge in [-0.15, -0.1) is 11.8 Å². The summed E-state index contributed by atoms with van der Waals surface area (Å²) in [6, 6.07) is 5.64. The monoisotopic (exact) mass is 448 g/mol. The summed E-state index contributed by atoms with van der Waals surface area (Å²) in [6.07, 6.45) is 0.787. The molecule has 9 heteroatoms. The van der Waals surface area contributed by atoms with E-state index in [1.54, 1.807) is 0 Å². The molecule has 1 atom stereocenters. The SMILES string of the molecule is Cc1ccc(Br)cc1NC(=O)CCNC(=O)CSC1CCS(=O)(=O)C1. The minimum atomic E-state index is -2.92. The second kappa shape index (κ2) is 9.05. The van der Waals surface area contributed by atoms with Gasteiger partial charge in [0.25, 0.3) is 0 Å². The molecule has 1 heterocycles. The number of halogens is 1. The topological polar surface area (TPSA) is 92.3 Å². The predicted octanol–water partition coefficient (Wildman–Crippen LogP) is 2.12. The molecule has 1 aliphatic rings. The van der Waals surface area contributed by atoms with Crippen molar-refractivity contribution < 1.29 is 18.0 Å². The zero-order chi connectivity index (χ0) is 18.4. The summed E-state index contributed by atoms with van der Waals surface area (Å²) in [7, 11) is -2.92. The Labute approximate surface area is 160 Å². The molecule has 0 aromatic heterocycles. The van der Waals surface area contributed by atoms with E-state index < -0.39 is 9.84 Å². The molecule has 0 saturated carbocycles. The van der Waals surface area contributed by atoms with Crippen LogP contribution < -0.4 is 10.6 Å². The average Bonchev–Trinajstić information content (AvgIpc) is 2.88. The summed E-state index contributed by atoms with van der Waals surface area (Å²) < 4.78 is 23.6. The van der Waals surface area contributed by atoms with E-state index >= 15 is 0 Å². The van der Waals surface area contributed by atoms with E-state index in [0.717, 1.165) is 15.7 Å². The van der Waals surface area contributed by atoms with Crippen LogP contribution >= 0.6 is 27.7 Å². The fraction of sp³-hybridized carbons (Fsp3) is 0.500. The molecule has 25 heavy (non-hydrogen) atoms. The van der Waals surface area contributed by atoms with Gasteiger partial charge in [0.05, 0.1) is 17.3 Å². The van der Waals surface area contributed by atoms with Crippen molar-refractivity contribution in [3.05, 3.63) is 28.2 Å². The Morgan fingerprint density at radius 3 is 2.76 bits per heavy atom. The van der Waals surface area contributed by atoms with Gasteiger partial charge in [0.2, 0.25) is 11.8 Å². The molecule has 0 radical (unpaired) electrons. The first-order chi connectivity index (χ1) is 11.7. The van der Waals surface area contributed by atoms with Gasteiger partial charge < -0.3 is 10.6 Å². The minimum Gasteiger partial charge on any atom is -0.355 e. The highest BCUT2D eigenvalue weighted by Crippen LogP contribution is 2.24. The number of hydrogen-bond donors (Lipinski definition) is 2. The summed E-state index contributed by atoms with van der Waals surface area (Å²) in [5.41, 5.74) is 1.70. The highest BCUT2D eigenvalue weighted by atomic mass is 79.9. The Morgan fingerprint density at radius 1 is 1.32 bits per heavy atom. The third kappa shape index (κ3) is 6.99. The maximum Gasteiger partial charge on any atom is 0.230 e. The Balaban J connectivity index is 1.65. The molecule has 1 unspecified atom stereocenters. The van der Waals surface area contributed by atoms with Crippen molar-refractivity contribution in [1.82, 2.24) is 5.32 Å². The lowest BCUT2D eigenvalue weighted by Gasteiger charge is -2.10. The number of anilines is 1. The largest absolute Gasteiger partial charge is 0.355 e. The first-order valence-corrected chi connectivity index (χ1v) is 11.6. The maximum atomic E-state index is 11.9. The molecule has 6 nitrogen and oxygen atoms in total. The maximum absolute atomic E-state index is 11.9. The third-order valence-electron chi connectivity index (χ3n) is 3.79. The number of rotatable bonds is 7. The summed E-state index contributed by atoms with van der Waals surface area (Å²) in [5, 5.41) is 5.51. The Morgan fingerprint density at radius 2 is 2.08 bits per heavy atom. The van der Waals surface area contributed by atoms with E-state index in [4.69, 9.17) is 0 Å². The Bertz CT molecular complexity index is 753.